The lowest BCUT2D eigenvalue weighted by Crippen LogP contribution is -2.42. The van der Waals surface area contributed by atoms with Gasteiger partial charge in [0, 0.05) is 12.5 Å². The molecule has 0 saturated heterocycles. The second kappa shape index (κ2) is 6.10. The average Bonchev–Trinajstić information content (AvgIpc) is 2.77. The molecule has 0 heterocycles. The van der Waals surface area contributed by atoms with Gasteiger partial charge in [-0.3, -0.25) is 4.79 Å². The molecule has 1 aromatic rings. The minimum Gasteiger partial charge on any atom is -0.347 e. The number of hydrogen-bond acceptors (Lipinski definition) is 2. The molecule has 1 aromatic carbocycles. The Morgan fingerprint density at radius 3 is 2.62 bits per heavy atom. The van der Waals surface area contributed by atoms with Gasteiger partial charge < -0.3 is 11.1 Å². The van der Waals surface area contributed by atoms with Gasteiger partial charge in [0.25, 0.3) is 0 Å². The van der Waals surface area contributed by atoms with Crippen molar-refractivity contribution in [1.29, 1.82) is 0 Å². The molecule has 3 N–H and O–H groups in total. The fourth-order valence-electron chi connectivity index (χ4n) is 2.91. The summed E-state index contributed by atoms with van der Waals surface area (Å²) in [6.45, 7) is 3.54. The van der Waals surface area contributed by atoms with Gasteiger partial charge in [-0.25, -0.2) is 8.78 Å². The van der Waals surface area contributed by atoms with Gasteiger partial charge in [0.2, 0.25) is 5.91 Å². The first-order valence-electron chi connectivity index (χ1n) is 7.32. The number of carbonyl (C=O) groups excluding carboxylic acids is 1. The largest absolute Gasteiger partial charge is 0.347 e. The first kappa shape index (κ1) is 15.9. The van der Waals surface area contributed by atoms with E-state index in [9.17, 15) is 13.6 Å². The second-order valence-electron chi connectivity index (χ2n) is 6.36. The lowest BCUT2D eigenvalue weighted by molar-refractivity contribution is -0.123. The van der Waals surface area contributed by atoms with Crippen molar-refractivity contribution in [3.63, 3.8) is 0 Å². The summed E-state index contributed by atoms with van der Waals surface area (Å²) in [5.41, 5.74) is 5.74. The zero-order chi connectivity index (χ0) is 15.6. The summed E-state index contributed by atoms with van der Waals surface area (Å²) >= 11 is 0. The van der Waals surface area contributed by atoms with Gasteiger partial charge in [0.05, 0.1) is 5.54 Å². The summed E-state index contributed by atoms with van der Waals surface area (Å²) in [7, 11) is 0. The zero-order valence-corrected chi connectivity index (χ0v) is 12.5. The molecule has 116 valence electrons. The fourth-order valence-corrected chi connectivity index (χ4v) is 2.91. The number of carbonyl (C=O) groups is 1. The fraction of sp³-hybridized carbons (Fsp3) is 0.562. The molecule has 0 aromatic heterocycles. The van der Waals surface area contributed by atoms with Crippen LogP contribution in [0, 0.1) is 17.6 Å². The number of amides is 1. The number of benzene rings is 1. The Bertz CT molecular complexity index is 531. The van der Waals surface area contributed by atoms with E-state index in [0.29, 0.717) is 12.0 Å². The second-order valence-corrected chi connectivity index (χ2v) is 6.36. The first-order chi connectivity index (χ1) is 9.79. The number of hydrogen-bond donors (Lipinski definition) is 2. The highest BCUT2D eigenvalue weighted by Crippen LogP contribution is 2.28. The van der Waals surface area contributed by atoms with Gasteiger partial charge in [0.15, 0.2) is 11.6 Å². The molecule has 5 heteroatoms. The van der Waals surface area contributed by atoms with Crippen LogP contribution in [0.3, 0.4) is 0 Å². The van der Waals surface area contributed by atoms with Crippen LogP contribution in [-0.4, -0.2) is 11.9 Å². The molecule has 0 spiro atoms. The average molecular weight is 296 g/mol. The van der Waals surface area contributed by atoms with E-state index < -0.39 is 17.2 Å². The Hall–Kier alpha value is -1.49. The summed E-state index contributed by atoms with van der Waals surface area (Å²) < 4.78 is 26.3. The molecule has 3 nitrogen and oxygen atoms in total. The van der Waals surface area contributed by atoms with Crippen LogP contribution in [0.5, 0.6) is 0 Å². The van der Waals surface area contributed by atoms with Crippen LogP contribution >= 0.6 is 0 Å². The number of halogens is 2. The van der Waals surface area contributed by atoms with Crippen LogP contribution in [0.1, 0.15) is 45.1 Å². The Labute approximate surface area is 123 Å². The van der Waals surface area contributed by atoms with Crippen LogP contribution in [-0.2, 0) is 10.3 Å². The predicted octanol–water partition coefficient (Wildman–Crippen LogP) is 2.83. The van der Waals surface area contributed by atoms with Gasteiger partial charge in [-0.2, -0.15) is 0 Å². The van der Waals surface area contributed by atoms with Crippen molar-refractivity contribution >= 4 is 5.91 Å². The summed E-state index contributed by atoms with van der Waals surface area (Å²) in [5.74, 6) is -1.69. The van der Waals surface area contributed by atoms with E-state index in [4.69, 9.17) is 5.73 Å². The summed E-state index contributed by atoms with van der Waals surface area (Å²) in [5, 5.41) is 2.88. The molecule has 2 atom stereocenters. The lowest BCUT2D eigenvalue weighted by atomic mass is 9.92. The molecule has 1 amide bonds. The van der Waals surface area contributed by atoms with Crippen molar-refractivity contribution in [3.05, 3.63) is 35.4 Å². The quantitative estimate of drug-likeness (QED) is 0.897. The molecule has 0 radical (unpaired) electrons. The predicted molar refractivity (Wildman–Crippen MR) is 77.5 cm³/mol. The SMILES string of the molecule is CC(C)(NC(=O)C[C@@H]1CCC[C@H]1N)c1ccc(F)c(F)c1. The maximum absolute atomic E-state index is 13.3. The van der Waals surface area contributed by atoms with E-state index in [1.807, 2.05) is 0 Å². The summed E-state index contributed by atoms with van der Waals surface area (Å²) in [4.78, 5) is 12.2. The summed E-state index contributed by atoms with van der Waals surface area (Å²) in [6, 6.07) is 3.77. The molecular formula is C16H22F2N2O. The van der Waals surface area contributed by atoms with Crippen LogP contribution in [0.2, 0.25) is 0 Å². The standard InChI is InChI=1S/C16H22F2N2O/c1-16(2,11-6-7-12(17)13(18)9-11)20-15(21)8-10-4-3-5-14(10)19/h6-7,9-10,14H,3-5,8,19H2,1-2H3,(H,20,21)/t10-,14+/m0/s1. The van der Waals surface area contributed by atoms with Gasteiger partial charge >= 0.3 is 0 Å². The van der Waals surface area contributed by atoms with E-state index in [1.54, 1.807) is 13.8 Å². The Morgan fingerprint density at radius 2 is 2.05 bits per heavy atom. The summed E-state index contributed by atoms with van der Waals surface area (Å²) in [6.07, 6.45) is 3.38. The third-order valence-corrected chi connectivity index (χ3v) is 4.26. The smallest absolute Gasteiger partial charge is 0.221 e. The number of nitrogens with one attached hydrogen (secondary N) is 1. The van der Waals surface area contributed by atoms with Crippen LogP contribution in [0.4, 0.5) is 8.78 Å². The minimum atomic E-state index is -0.910. The molecule has 21 heavy (non-hydrogen) atoms. The molecular weight excluding hydrogens is 274 g/mol. The van der Waals surface area contributed by atoms with Crippen LogP contribution in [0.15, 0.2) is 18.2 Å². The van der Waals surface area contributed by atoms with Crippen molar-refractivity contribution in [2.45, 2.75) is 51.1 Å². The van der Waals surface area contributed by atoms with Crippen molar-refractivity contribution in [2.24, 2.45) is 11.7 Å². The van der Waals surface area contributed by atoms with Crippen molar-refractivity contribution in [3.8, 4) is 0 Å². The van der Waals surface area contributed by atoms with Crippen molar-refractivity contribution in [2.75, 3.05) is 0 Å². The van der Waals surface area contributed by atoms with Gasteiger partial charge in [-0.1, -0.05) is 12.5 Å². The minimum absolute atomic E-state index is 0.0853. The third-order valence-electron chi connectivity index (χ3n) is 4.26. The molecule has 1 aliphatic carbocycles. The van der Waals surface area contributed by atoms with Crippen molar-refractivity contribution in [1.82, 2.24) is 5.32 Å². The molecule has 1 saturated carbocycles. The highest BCUT2D eigenvalue weighted by atomic mass is 19.2. The monoisotopic (exact) mass is 296 g/mol. The van der Waals surface area contributed by atoms with Gasteiger partial charge in [0.1, 0.15) is 0 Å². The molecule has 0 bridgehead atoms. The molecule has 1 fully saturated rings. The van der Waals surface area contributed by atoms with E-state index in [0.717, 1.165) is 31.4 Å². The zero-order valence-electron chi connectivity index (χ0n) is 12.5. The van der Waals surface area contributed by atoms with Gasteiger partial charge in [-0.15, -0.1) is 0 Å². The normalized spacial score (nSPS) is 22.3. The molecule has 0 unspecified atom stereocenters. The first-order valence-corrected chi connectivity index (χ1v) is 7.32. The molecule has 1 aliphatic rings. The third kappa shape index (κ3) is 3.79. The highest BCUT2D eigenvalue weighted by Gasteiger charge is 2.29. The topological polar surface area (TPSA) is 55.1 Å². The van der Waals surface area contributed by atoms with E-state index >= 15 is 0 Å². The van der Waals surface area contributed by atoms with Gasteiger partial charge in [-0.05, 0) is 50.3 Å². The van der Waals surface area contributed by atoms with E-state index in [-0.39, 0.29) is 17.9 Å². The van der Waals surface area contributed by atoms with E-state index in [1.165, 1.54) is 6.07 Å². The maximum Gasteiger partial charge on any atom is 0.221 e. The Morgan fingerprint density at radius 1 is 1.33 bits per heavy atom. The lowest BCUT2D eigenvalue weighted by Gasteiger charge is -2.28. The highest BCUT2D eigenvalue weighted by molar-refractivity contribution is 5.77. The Balaban J connectivity index is 2.02. The number of rotatable bonds is 4. The van der Waals surface area contributed by atoms with E-state index in [2.05, 4.69) is 5.32 Å². The Kier molecular flexibility index (Phi) is 4.61. The van der Waals surface area contributed by atoms with Crippen molar-refractivity contribution < 1.29 is 13.6 Å². The van der Waals surface area contributed by atoms with Crippen LogP contribution < -0.4 is 11.1 Å². The van der Waals surface area contributed by atoms with Crippen LogP contribution in [0.25, 0.3) is 0 Å². The number of nitrogens with two attached hydrogens (primary N) is 1. The molecule has 0 aliphatic heterocycles. The molecule has 2 rings (SSSR count). The maximum atomic E-state index is 13.3.